The summed E-state index contributed by atoms with van der Waals surface area (Å²) < 4.78 is 0. The lowest BCUT2D eigenvalue weighted by Crippen LogP contribution is -2.29. The summed E-state index contributed by atoms with van der Waals surface area (Å²) in [5, 5.41) is 1.01. The predicted octanol–water partition coefficient (Wildman–Crippen LogP) is 5.12. The predicted molar refractivity (Wildman–Crippen MR) is 104 cm³/mol. The van der Waals surface area contributed by atoms with E-state index in [1.165, 1.54) is 0 Å². The van der Waals surface area contributed by atoms with Crippen LogP contribution in [0.25, 0.3) is 22.0 Å². The van der Waals surface area contributed by atoms with Crippen LogP contribution in [0, 0.1) is 0 Å². The smallest absolute Gasteiger partial charge is 0.272 e. The molecule has 0 spiro atoms. The summed E-state index contributed by atoms with van der Waals surface area (Å²) in [5.74, 6) is 0.156. The molecule has 3 rings (SSSR count). The summed E-state index contributed by atoms with van der Waals surface area (Å²) in [6.07, 6.45) is 0.900. The molecular formula is C21H21ClN2O. The molecule has 0 aliphatic carbocycles. The minimum atomic E-state index is -0.0829. The number of carbonyl (C=O) groups is 1. The van der Waals surface area contributed by atoms with Gasteiger partial charge in [-0.1, -0.05) is 55.5 Å². The number of aromatic nitrogens is 1. The van der Waals surface area contributed by atoms with E-state index < -0.39 is 0 Å². The summed E-state index contributed by atoms with van der Waals surface area (Å²) in [4.78, 5) is 19.3. The highest BCUT2D eigenvalue weighted by molar-refractivity contribution is 6.19. The van der Waals surface area contributed by atoms with Crippen LogP contribution in [-0.2, 0) is 5.88 Å². The van der Waals surface area contributed by atoms with Crippen LogP contribution in [0.4, 0.5) is 0 Å². The Morgan fingerprint density at radius 1 is 1.08 bits per heavy atom. The van der Waals surface area contributed by atoms with E-state index >= 15 is 0 Å². The van der Waals surface area contributed by atoms with E-state index in [2.05, 4.69) is 11.9 Å². The van der Waals surface area contributed by atoms with Crippen LogP contribution in [0.3, 0.4) is 0 Å². The first-order chi connectivity index (χ1) is 12.2. The Kier molecular flexibility index (Phi) is 5.34. The quantitative estimate of drug-likeness (QED) is 0.597. The molecular weight excluding hydrogens is 332 g/mol. The number of fused-ring (bicyclic) bond motifs is 1. The molecule has 0 aliphatic heterocycles. The summed E-state index contributed by atoms with van der Waals surface area (Å²) in [7, 11) is 1.81. The average molecular weight is 353 g/mol. The highest BCUT2D eigenvalue weighted by Gasteiger charge is 2.22. The Balaban J connectivity index is 2.30. The first-order valence-electron chi connectivity index (χ1n) is 8.45. The number of hydrogen-bond donors (Lipinski definition) is 0. The van der Waals surface area contributed by atoms with Gasteiger partial charge in [0.15, 0.2) is 0 Å². The van der Waals surface area contributed by atoms with Crippen LogP contribution in [0.2, 0.25) is 0 Å². The third kappa shape index (κ3) is 3.38. The van der Waals surface area contributed by atoms with Crippen molar-refractivity contribution in [2.75, 3.05) is 13.6 Å². The lowest BCUT2D eigenvalue weighted by molar-refractivity contribution is 0.0789. The Morgan fingerprint density at radius 2 is 1.76 bits per heavy atom. The zero-order valence-electron chi connectivity index (χ0n) is 14.5. The molecule has 4 heteroatoms. The number of carbonyl (C=O) groups excluding carboxylic acids is 1. The normalized spacial score (nSPS) is 10.8. The Hall–Kier alpha value is -2.39. The molecule has 0 atom stereocenters. The van der Waals surface area contributed by atoms with Crippen molar-refractivity contribution in [3.05, 3.63) is 65.9 Å². The second-order valence-electron chi connectivity index (χ2n) is 6.06. The zero-order valence-corrected chi connectivity index (χ0v) is 15.3. The number of benzene rings is 2. The molecule has 25 heavy (non-hydrogen) atoms. The largest absolute Gasteiger partial charge is 0.340 e. The van der Waals surface area contributed by atoms with Gasteiger partial charge in [-0.2, -0.15) is 0 Å². The highest BCUT2D eigenvalue weighted by Crippen LogP contribution is 2.34. The van der Waals surface area contributed by atoms with E-state index in [1.807, 2.05) is 61.6 Å². The van der Waals surface area contributed by atoms with Gasteiger partial charge in [-0.05, 0) is 23.6 Å². The number of para-hydroxylation sites is 1. The second-order valence-corrected chi connectivity index (χ2v) is 6.32. The fraction of sp³-hybridized carbons (Fsp3) is 0.238. The number of nitrogens with zero attached hydrogens (tertiary/aromatic N) is 2. The Labute approximate surface area is 153 Å². The molecule has 0 N–H and O–H groups in total. The molecule has 0 bridgehead atoms. The van der Waals surface area contributed by atoms with Gasteiger partial charge < -0.3 is 4.90 Å². The van der Waals surface area contributed by atoms with Gasteiger partial charge in [-0.15, -0.1) is 11.6 Å². The van der Waals surface area contributed by atoms with Gasteiger partial charge >= 0.3 is 0 Å². The zero-order chi connectivity index (χ0) is 17.8. The molecule has 0 aliphatic rings. The van der Waals surface area contributed by atoms with Gasteiger partial charge in [0.1, 0.15) is 5.69 Å². The number of hydrogen-bond acceptors (Lipinski definition) is 2. The fourth-order valence-electron chi connectivity index (χ4n) is 3.11. The fourth-order valence-corrected chi connectivity index (χ4v) is 3.37. The Morgan fingerprint density at radius 3 is 2.44 bits per heavy atom. The van der Waals surface area contributed by atoms with Crippen molar-refractivity contribution in [3.8, 4) is 11.1 Å². The van der Waals surface area contributed by atoms with Gasteiger partial charge in [0.2, 0.25) is 0 Å². The number of pyridine rings is 1. The van der Waals surface area contributed by atoms with Crippen LogP contribution >= 0.6 is 11.6 Å². The van der Waals surface area contributed by atoms with Crippen molar-refractivity contribution in [3.63, 3.8) is 0 Å². The number of alkyl halides is 1. The Bertz CT molecular complexity index is 893. The van der Waals surface area contributed by atoms with E-state index in [0.29, 0.717) is 12.2 Å². The minimum Gasteiger partial charge on any atom is -0.340 e. The molecule has 1 heterocycles. The van der Waals surface area contributed by atoms with Gasteiger partial charge in [0.25, 0.3) is 5.91 Å². The third-order valence-corrected chi connectivity index (χ3v) is 4.56. The lowest BCUT2D eigenvalue weighted by Gasteiger charge is -2.20. The first-order valence-corrected chi connectivity index (χ1v) is 8.99. The maximum absolute atomic E-state index is 12.9. The van der Waals surface area contributed by atoms with Crippen molar-refractivity contribution < 1.29 is 4.79 Å². The van der Waals surface area contributed by atoms with Gasteiger partial charge in [0, 0.05) is 24.5 Å². The summed E-state index contributed by atoms with van der Waals surface area (Å²) in [5.41, 5.74) is 4.09. The summed E-state index contributed by atoms with van der Waals surface area (Å²) in [6, 6.07) is 18.0. The van der Waals surface area contributed by atoms with Crippen molar-refractivity contribution in [2.24, 2.45) is 0 Å². The maximum Gasteiger partial charge on any atom is 0.272 e. The van der Waals surface area contributed by atoms with E-state index in [0.717, 1.165) is 34.0 Å². The van der Waals surface area contributed by atoms with Gasteiger partial charge in [-0.3, -0.25) is 4.79 Å². The van der Waals surface area contributed by atoms with Crippen molar-refractivity contribution in [2.45, 2.75) is 19.2 Å². The molecule has 128 valence electrons. The van der Waals surface area contributed by atoms with Gasteiger partial charge in [0.05, 0.1) is 11.4 Å². The average Bonchev–Trinajstić information content (AvgIpc) is 2.66. The SMILES string of the molecule is CCCN(C)C(=O)c1nc2ccccc2c(-c2ccccc2)c1CCl. The van der Waals surface area contributed by atoms with Crippen LogP contribution in [0.5, 0.6) is 0 Å². The van der Waals surface area contributed by atoms with E-state index in [1.54, 1.807) is 4.90 Å². The highest BCUT2D eigenvalue weighted by atomic mass is 35.5. The van der Waals surface area contributed by atoms with Gasteiger partial charge in [-0.25, -0.2) is 4.98 Å². The van der Waals surface area contributed by atoms with Crippen LogP contribution in [-0.4, -0.2) is 29.4 Å². The monoisotopic (exact) mass is 352 g/mol. The van der Waals surface area contributed by atoms with Crippen molar-refractivity contribution >= 4 is 28.4 Å². The number of rotatable bonds is 5. The van der Waals surface area contributed by atoms with Crippen molar-refractivity contribution in [1.29, 1.82) is 0 Å². The van der Waals surface area contributed by atoms with Crippen LogP contribution in [0.1, 0.15) is 29.4 Å². The molecule has 2 aromatic carbocycles. The molecule has 3 aromatic rings. The molecule has 0 saturated heterocycles. The summed E-state index contributed by atoms with van der Waals surface area (Å²) in [6.45, 7) is 2.74. The molecule has 1 amide bonds. The van der Waals surface area contributed by atoms with E-state index in [4.69, 9.17) is 11.6 Å². The topological polar surface area (TPSA) is 33.2 Å². The number of amides is 1. The molecule has 0 radical (unpaired) electrons. The lowest BCUT2D eigenvalue weighted by atomic mass is 9.94. The molecule has 0 saturated carbocycles. The van der Waals surface area contributed by atoms with Crippen LogP contribution < -0.4 is 0 Å². The molecule has 0 unspecified atom stereocenters. The van der Waals surface area contributed by atoms with E-state index in [-0.39, 0.29) is 11.8 Å². The van der Waals surface area contributed by atoms with E-state index in [9.17, 15) is 4.79 Å². The minimum absolute atomic E-state index is 0.0829. The number of halogens is 1. The van der Waals surface area contributed by atoms with Crippen LogP contribution in [0.15, 0.2) is 54.6 Å². The third-order valence-electron chi connectivity index (χ3n) is 4.30. The first kappa shape index (κ1) is 17.4. The maximum atomic E-state index is 12.9. The van der Waals surface area contributed by atoms with Crippen molar-refractivity contribution in [1.82, 2.24) is 9.88 Å². The molecule has 0 fully saturated rings. The second kappa shape index (κ2) is 7.66. The molecule has 3 nitrogen and oxygen atoms in total. The standard InChI is InChI=1S/C21H21ClN2O/c1-3-13-24(2)21(25)20-17(14-22)19(15-9-5-4-6-10-15)16-11-7-8-12-18(16)23-20/h4-12H,3,13-14H2,1-2H3. The molecule has 1 aromatic heterocycles. The summed E-state index contributed by atoms with van der Waals surface area (Å²) >= 11 is 6.30.